The van der Waals surface area contributed by atoms with Crippen LogP contribution in [0.2, 0.25) is 0 Å². The Morgan fingerprint density at radius 1 is 1.54 bits per heavy atom. The second kappa shape index (κ2) is 3.19. The number of carbonyl (C=O) groups excluding carboxylic acids is 1. The molecule has 1 aliphatic rings. The van der Waals surface area contributed by atoms with Gasteiger partial charge in [-0.1, -0.05) is 15.9 Å². The average Bonchev–Trinajstić information content (AvgIpc) is 2.26. The normalized spacial score (nSPS) is 22.1. The van der Waals surface area contributed by atoms with Gasteiger partial charge < -0.3 is 4.90 Å². The third-order valence-electron chi connectivity index (χ3n) is 1.97. The molecule has 1 saturated heterocycles. The minimum atomic E-state index is -2.70. The molecule has 0 aromatic carbocycles. The lowest BCUT2D eigenvalue weighted by molar-refractivity contribution is -0.133. The van der Waals surface area contributed by atoms with E-state index in [2.05, 4.69) is 15.9 Å². The van der Waals surface area contributed by atoms with Gasteiger partial charge in [-0.15, -0.1) is 0 Å². The summed E-state index contributed by atoms with van der Waals surface area (Å²) in [5.74, 6) is -2.97. The minimum absolute atomic E-state index is 0.154. The zero-order valence-electron chi connectivity index (χ0n) is 7.61. The molecule has 5 heteroatoms. The zero-order valence-corrected chi connectivity index (χ0v) is 9.20. The lowest BCUT2D eigenvalue weighted by Crippen LogP contribution is -2.41. The van der Waals surface area contributed by atoms with Crippen LogP contribution in [0.5, 0.6) is 0 Å². The smallest absolute Gasteiger partial charge is 0.267 e. The van der Waals surface area contributed by atoms with E-state index >= 15 is 0 Å². The number of hydrogen-bond acceptors (Lipinski definition) is 1. The second-order valence-electron chi connectivity index (χ2n) is 3.81. The number of carbonyl (C=O) groups is 1. The molecule has 0 radical (unpaired) electrons. The molecule has 0 saturated carbocycles. The van der Waals surface area contributed by atoms with Crippen molar-refractivity contribution in [2.24, 2.45) is 0 Å². The summed E-state index contributed by atoms with van der Waals surface area (Å²) in [5, 5.41) is 0. The molecular weight excluding hydrogens is 244 g/mol. The van der Waals surface area contributed by atoms with E-state index < -0.39 is 16.8 Å². The summed E-state index contributed by atoms with van der Waals surface area (Å²) in [6.45, 7) is 3.03. The van der Waals surface area contributed by atoms with Crippen LogP contribution in [-0.2, 0) is 4.79 Å². The molecule has 0 aliphatic carbocycles. The average molecular weight is 256 g/mol. The van der Waals surface area contributed by atoms with Gasteiger partial charge in [0.15, 0.2) is 0 Å². The van der Waals surface area contributed by atoms with Gasteiger partial charge >= 0.3 is 0 Å². The van der Waals surface area contributed by atoms with Gasteiger partial charge in [0.2, 0.25) is 5.91 Å². The molecule has 0 aromatic heterocycles. The van der Waals surface area contributed by atoms with Gasteiger partial charge in [-0.25, -0.2) is 8.78 Å². The Bertz CT molecular complexity index is 225. The Balaban J connectivity index is 2.62. The van der Waals surface area contributed by atoms with Crippen molar-refractivity contribution in [1.82, 2.24) is 4.90 Å². The van der Waals surface area contributed by atoms with Crippen molar-refractivity contribution in [3.8, 4) is 0 Å². The first kappa shape index (κ1) is 10.9. The lowest BCUT2D eigenvalue weighted by Gasteiger charge is -2.23. The van der Waals surface area contributed by atoms with Crippen molar-refractivity contribution in [1.29, 1.82) is 0 Å². The summed E-state index contributed by atoms with van der Waals surface area (Å²) in [6.07, 6.45) is -0.220. The fourth-order valence-corrected chi connectivity index (χ4v) is 1.54. The van der Waals surface area contributed by atoms with Crippen molar-refractivity contribution in [2.45, 2.75) is 30.5 Å². The van der Waals surface area contributed by atoms with Gasteiger partial charge in [0.05, 0.1) is 10.9 Å². The van der Waals surface area contributed by atoms with Crippen LogP contribution in [0.1, 0.15) is 20.3 Å². The molecule has 13 heavy (non-hydrogen) atoms. The highest BCUT2D eigenvalue weighted by atomic mass is 79.9. The van der Waals surface area contributed by atoms with Gasteiger partial charge in [0.1, 0.15) is 0 Å². The van der Waals surface area contributed by atoms with Gasteiger partial charge in [-0.2, -0.15) is 0 Å². The van der Waals surface area contributed by atoms with Crippen LogP contribution in [0.4, 0.5) is 8.78 Å². The predicted molar refractivity (Wildman–Crippen MR) is 49.2 cm³/mol. The number of alkyl halides is 3. The number of rotatable bonds is 1. The fraction of sp³-hybridized carbons (Fsp3) is 0.875. The molecule has 76 valence electrons. The Labute approximate surface area is 84.4 Å². The Morgan fingerprint density at radius 2 is 2.08 bits per heavy atom. The van der Waals surface area contributed by atoms with Crippen molar-refractivity contribution in [3.63, 3.8) is 0 Å². The largest absolute Gasteiger partial charge is 0.335 e. The van der Waals surface area contributed by atoms with Crippen molar-refractivity contribution < 1.29 is 13.6 Å². The molecule has 1 amide bonds. The van der Waals surface area contributed by atoms with E-state index in [1.807, 2.05) is 0 Å². The van der Waals surface area contributed by atoms with Crippen LogP contribution in [0.25, 0.3) is 0 Å². The minimum Gasteiger partial charge on any atom is -0.335 e. The highest BCUT2D eigenvalue weighted by Crippen LogP contribution is 2.30. The topological polar surface area (TPSA) is 20.3 Å². The first-order chi connectivity index (χ1) is 5.72. The molecule has 0 N–H and O–H groups in total. The zero-order chi connectivity index (χ0) is 10.3. The molecule has 1 aliphatic heterocycles. The summed E-state index contributed by atoms with van der Waals surface area (Å²) in [6, 6.07) is 0. The molecule has 1 fully saturated rings. The van der Waals surface area contributed by atoms with Crippen LogP contribution in [0, 0.1) is 0 Å². The third kappa shape index (κ3) is 2.62. The van der Waals surface area contributed by atoms with Gasteiger partial charge in [-0.05, 0) is 13.8 Å². The van der Waals surface area contributed by atoms with E-state index in [0.29, 0.717) is 0 Å². The van der Waals surface area contributed by atoms with Crippen molar-refractivity contribution in [3.05, 3.63) is 0 Å². The second-order valence-corrected chi connectivity index (χ2v) is 5.79. The van der Waals surface area contributed by atoms with Crippen molar-refractivity contribution >= 4 is 21.8 Å². The van der Waals surface area contributed by atoms with Crippen molar-refractivity contribution in [2.75, 3.05) is 13.1 Å². The first-order valence-electron chi connectivity index (χ1n) is 4.08. The van der Waals surface area contributed by atoms with Gasteiger partial charge in [-0.3, -0.25) is 4.79 Å². The number of nitrogens with zero attached hydrogens (tertiary/aromatic N) is 1. The Kier molecular flexibility index (Phi) is 2.67. The number of amides is 1. The Hall–Kier alpha value is -0.190. The van der Waals surface area contributed by atoms with Gasteiger partial charge in [0, 0.05) is 13.0 Å². The fourth-order valence-electron chi connectivity index (χ4n) is 1.29. The summed E-state index contributed by atoms with van der Waals surface area (Å²) >= 11 is 3.16. The SMILES string of the molecule is CC(C)(Br)C(=O)N1CCC(F)(F)C1. The first-order valence-corrected chi connectivity index (χ1v) is 4.88. The molecule has 0 unspecified atom stereocenters. The van der Waals surface area contributed by atoms with Crippen LogP contribution in [0.3, 0.4) is 0 Å². The highest BCUT2D eigenvalue weighted by molar-refractivity contribution is 9.10. The van der Waals surface area contributed by atoms with Crippen LogP contribution >= 0.6 is 15.9 Å². The van der Waals surface area contributed by atoms with Crippen LogP contribution in [-0.4, -0.2) is 34.1 Å². The monoisotopic (exact) mass is 255 g/mol. The van der Waals surface area contributed by atoms with E-state index in [1.54, 1.807) is 13.8 Å². The van der Waals surface area contributed by atoms with E-state index in [4.69, 9.17) is 0 Å². The quantitative estimate of drug-likeness (QED) is 0.657. The molecule has 0 atom stereocenters. The maximum absolute atomic E-state index is 12.7. The predicted octanol–water partition coefficient (Wildman–Crippen LogP) is 2.03. The standard InChI is InChI=1S/C8H12BrF2NO/c1-7(2,9)6(13)12-4-3-8(10,11)5-12/h3-5H2,1-2H3. The van der Waals surface area contributed by atoms with Crippen LogP contribution < -0.4 is 0 Å². The molecule has 1 heterocycles. The summed E-state index contributed by atoms with van der Waals surface area (Å²) in [7, 11) is 0. The molecule has 0 spiro atoms. The maximum Gasteiger partial charge on any atom is 0.267 e. The maximum atomic E-state index is 12.7. The van der Waals surface area contributed by atoms with Crippen LogP contribution in [0.15, 0.2) is 0 Å². The summed E-state index contributed by atoms with van der Waals surface area (Å²) < 4.78 is 24.7. The lowest BCUT2D eigenvalue weighted by atomic mass is 10.2. The summed E-state index contributed by atoms with van der Waals surface area (Å²) in [4.78, 5) is 12.7. The molecule has 2 nitrogen and oxygen atoms in total. The number of halogens is 3. The van der Waals surface area contributed by atoms with E-state index in [1.165, 1.54) is 4.90 Å². The highest BCUT2D eigenvalue weighted by Gasteiger charge is 2.43. The molecule has 0 aromatic rings. The van der Waals surface area contributed by atoms with Gasteiger partial charge in [0.25, 0.3) is 5.92 Å². The van der Waals surface area contributed by atoms with E-state index in [0.717, 1.165) is 0 Å². The molecular formula is C8H12BrF2NO. The molecule has 1 rings (SSSR count). The molecule has 0 bridgehead atoms. The third-order valence-corrected chi connectivity index (χ3v) is 2.30. The summed E-state index contributed by atoms with van der Waals surface area (Å²) in [5.41, 5.74) is 0. The number of hydrogen-bond donors (Lipinski definition) is 0. The van der Waals surface area contributed by atoms with E-state index in [-0.39, 0.29) is 18.9 Å². The Morgan fingerprint density at radius 3 is 2.38 bits per heavy atom. The van der Waals surface area contributed by atoms with E-state index in [9.17, 15) is 13.6 Å². The number of likely N-dealkylation sites (tertiary alicyclic amines) is 1.